The van der Waals surface area contributed by atoms with Gasteiger partial charge in [-0.2, -0.15) is 0 Å². The molecule has 0 aliphatic rings. The van der Waals surface area contributed by atoms with E-state index in [-0.39, 0.29) is 24.0 Å². The molecular formula is C18H25IN6S. The fourth-order valence-corrected chi connectivity index (χ4v) is 3.26. The van der Waals surface area contributed by atoms with E-state index < -0.39 is 0 Å². The van der Waals surface area contributed by atoms with Gasteiger partial charge in [-0.1, -0.05) is 6.07 Å². The number of hydrogen-bond donors (Lipinski definition) is 1. The number of halogens is 1. The molecule has 0 aliphatic carbocycles. The average molecular weight is 484 g/mol. The smallest absolute Gasteiger partial charge is 0.194 e. The van der Waals surface area contributed by atoms with E-state index in [1.807, 2.05) is 42.8 Å². The van der Waals surface area contributed by atoms with Crippen LogP contribution in [0.2, 0.25) is 0 Å². The highest BCUT2D eigenvalue weighted by Crippen LogP contribution is 2.10. The molecule has 0 atom stereocenters. The first-order chi connectivity index (χ1) is 12.2. The number of aliphatic imine (C=N–C) groups is 1. The summed E-state index contributed by atoms with van der Waals surface area (Å²) < 4.78 is 2.04. The van der Waals surface area contributed by atoms with Crippen molar-refractivity contribution >= 4 is 46.9 Å². The molecule has 0 amide bonds. The number of hydrogen-bond acceptors (Lipinski definition) is 4. The van der Waals surface area contributed by atoms with Gasteiger partial charge in [0, 0.05) is 44.3 Å². The minimum Gasteiger partial charge on any atom is -0.357 e. The van der Waals surface area contributed by atoms with Crippen molar-refractivity contribution in [2.24, 2.45) is 4.99 Å². The monoisotopic (exact) mass is 484 g/mol. The molecule has 3 aromatic rings. The third-order valence-electron chi connectivity index (χ3n) is 3.81. The molecule has 0 bridgehead atoms. The molecule has 0 radical (unpaired) electrons. The summed E-state index contributed by atoms with van der Waals surface area (Å²) in [6.45, 7) is 6.41. The van der Waals surface area contributed by atoms with Gasteiger partial charge in [0.15, 0.2) is 5.96 Å². The van der Waals surface area contributed by atoms with Crippen molar-refractivity contribution in [3.63, 3.8) is 0 Å². The van der Waals surface area contributed by atoms with Crippen LogP contribution in [-0.4, -0.2) is 45.4 Å². The maximum absolute atomic E-state index is 4.74. The number of guanidine groups is 1. The Labute approximate surface area is 175 Å². The molecule has 0 saturated carbocycles. The Kier molecular flexibility index (Phi) is 7.83. The van der Waals surface area contributed by atoms with Crippen molar-refractivity contribution in [3.8, 4) is 0 Å². The quantitative estimate of drug-likeness (QED) is 0.331. The molecule has 0 spiro atoms. The third-order valence-corrected chi connectivity index (χ3v) is 4.63. The molecule has 6 nitrogen and oxygen atoms in total. The Bertz CT molecular complexity index is 823. The normalized spacial score (nSPS) is 11.4. The second kappa shape index (κ2) is 9.86. The molecule has 1 N–H and O–H groups in total. The number of nitrogens with zero attached hydrogens (tertiary/aromatic N) is 5. The standard InChI is InChI=1S/C18H24N6S.HI/c1-4-19-18(23(3)11-16-13-25-14(2)21-16)20-9-8-15-12-24-10-6-5-7-17(24)22-15;/h5-7,10,12-13H,4,8-9,11H2,1-3H3,(H,19,20);1H. The fraction of sp³-hybridized carbons (Fsp3) is 0.389. The van der Waals surface area contributed by atoms with Gasteiger partial charge >= 0.3 is 0 Å². The van der Waals surface area contributed by atoms with Crippen molar-refractivity contribution in [2.75, 3.05) is 20.1 Å². The minimum absolute atomic E-state index is 0. The number of imidazole rings is 1. The van der Waals surface area contributed by atoms with E-state index in [1.54, 1.807) is 11.3 Å². The number of rotatable bonds is 6. The van der Waals surface area contributed by atoms with E-state index in [9.17, 15) is 0 Å². The lowest BCUT2D eigenvalue weighted by Crippen LogP contribution is -2.38. The zero-order chi connectivity index (χ0) is 17.6. The van der Waals surface area contributed by atoms with Crippen LogP contribution in [0.5, 0.6) is 0 Å². The Balaban J connectivity index is 0.00000243. The van der Waals surface area contributed by atoms with Gasteiger partial charge in [0.05, 0.1) is 22.9 Å². The summed E-state index contributed by atoms with van der Waals surface area (Å²) in [7, 11) is 2.04. The molecule has 26 heavy (non-hydrogen) atoms. The molecule has 0 aliphatic heterocycles. The van der Waals surface area contributed by atoms with Gasteiger partial charge in [0.2, 0.25) is 0 Å². The lowest BCUT2D eigenvalue weighted by molar-refractivity contribution is 0.471. The first-order valence-corrected chi connectivity index (χ1v) is 9.36. The predicted molar refractivity (Wildman–Crippen MR) is 119 cm³/mol. The SMILES string of the molecule is CCNC(=NCCc1cn2ccccc2n1)N(C)Cc1csc(C)n1.I. The van der Waals surface area contributed by atoms with Gasteiger partial charge in [-0.25, -0.2) is 9.97 Å². The van der Waals surface area contributed by atoms with Gasteiger partial charge in [-0.05, 0) is 26.0 Å². The molecule has 0 fully saturated rings. The summed E-state index contributed by atoms with van der Waals surface area (Å²) in [6.07, 6.45) is 4.91. The summed E-state index contributed by atoms with van der Waals surface area (Å²) >= 11 is 1.68. The van der Waals surface area contributed by atoms with Crippen molar-refractivity contribution in [2.45, 2.75) is 26.8 Å². The number of aromatic nitrogens is 3. The Morgan fingerprint density at radius 1 is 1.31 bits per heavy atom. The van der Waals surface area contributed by atoms with Gasteiger partial charge < -0.3 is 14.6 Å². The fourth-order valence-electron chi connectivity index (χ4n) is 2.65. The third kappa shape index (κ3) is 5.41. The molecule has 3 rings (SSSR count). The van der Waals surface area contributed by atoms with E-state index in [0.29, 0.717) is 6.54 Å². The number of thiazole rings is 1. The largest absolute Gasteiger partial charge is 0.357 e. The molecular weight excluding hydrogens is 459 g/mol. The number of pyridine rings is 1. The summed E-state index contributed by atoms with van der Waals surface area (Å²) in [4.78, 5) is 16.0. The lowest BCUT2D eigenvalue weighted by atomic mass is 10.3. The van der Waals surface area contributed by atoms with E-state index >= 15 is 0 Å². The second-order valence-corrected chi connectivity index (χ2v) is 6.96. The molecule has 0 aromatic carbocycles. The minimum atomic E-state index is 0. The van der Waals surface area contributed by atoms with E-state index in [2.05, 4.69) is 38.7 Å². The molecule has 140 valence electrons. The average Bonchev–Trinajstić information content (AvgIpc) is 3.19. The molecule has 8 heteroatoms. The van der Waals surface area contributed by atoms with Crippen LogP contribution in [-0.2, 0) is 13.0 Å². The zero-order valence-corrected chi connectivity index (χ0v) is 18.5. The topological polar surface area (TPSA) is 57.8 Å². The zero-order valence-electron chi connectivity index (χ0n) is 15.3. The summed E-state index contributed by atoms with van der Waals surface area (Å²) in [5.41, 5.74) is 3.11. The molecule has 0 saturated heterocycles. The number of nitrogens with one attached hydrogen (secondary N) is 1. The summed E-state index contributed by atoms with van der Waals surface area (Å²) in [6, 6.07) is 6.03. The van der Waals surface area contributed by atoms with E-state index in [1.165, 1.54) is 0 Å². The molecule has 3 aromatic heterocycles. The highest BCUT2D eigenvalue weighted by atomic mass is 127. The highest BCUT2D eigenvalue weighted by molar-refractivity contribution is 14.0. The van der Waals surface area contributed by atoms with Crippen LogP contribution in [0, 0.1) is 6.92 Å². The molecule has 3 heterocycles. The number of aryl methyl sites for hydroxylation is 1. The van der Waals surface area contributed by atoms with Crippen LogP contribution in [0.3, 0.4) is 0 Å². The van der Waals surface area contributed by atoms with Crippen LogP contribution >= 0.6 is 35.3 Å². The van der Waals surface area contributed by atoms with Crippen molar-refractivity contribution in [3.05, 3.63) is 52.4 Å². The first-order valence-electron chi connectivity index (χ1n) is 8.48. The van der Waals surface area contributed by atoms with Crippen LogP contribution in [0.1, 0.15) is 23.3 Å². The Morgan fingerprint density at radius 2 is 2.15 bits per heavy atom. The van der Waals surface area contributed by atoms with Gasteiger partial charge in [0.1, 0.15) is 5.65 Å². The second-order valence-electron chi connectivity index (χ2n) is 5.90. The van der Waals surface area contributed by atoms with E-state index in [0.717, 1.165) is 47.5 Å². The summed E-state index contributed by atoms with van der Waals surface area (Å²) in [5.74, 6) is 0.900. The highest BCUT2D eigenvalue weighted by Gasteiger charge is 2.09. The van der Waals surface area contributed by atoms with Crippen LogP contribution in [0.4, 0.5) is 0 Å². The maximum Gasteiger partial charge on any atom is 0.194 e. The molecule has 0 unspecified atom stereocenters. The van der Waals surface area contributed by atoms with Crippen LogP contribution in [0.15, 0.2) is 41.0 Å². The van der Waals surface area contributed by atoms with Gasteiger partial charge in [0.25, 0.3) is 0 Å². The Hall–Kier alpha value is -1.68. The summed E-state index contributed by atoms with van der Waals surface area (Å²) in [5, 5.41) is 6.55. The van der Waals surface area contributed by atoms with Gasteiger partial charge in [-0.3, -0.25) is 4.99 Å². The maximum atomic E-state index is 4.74. The number of fused-ring (bicyclic) bond motifs is 1. The van der Waals surface area contributed by atoms with Crippen molar-refractivity contribution in [1.29, 1.82) is 0 Å². The van der Waals surface area contributed by atoms with E-state index in [4.69, 9.17) is 4.99 Å². The first kappa shape index (κ1) is 20.6. The van der Waals surface area contributed by atoms with Crippen molar-refractivity contribution in [1.82, 2.24) is 24.6 Å². The van der Waals surface area contributed by atoms with Crippen molar-refractivity contribution < 1.29 is 0 Å². The van der Waals surface area contributed by atoms with Crippen LogP contribution in [0.25, 0.3) is 5.65 Å². The lowest BCUT2D eigenvalue weighted by Gasteiger charge is -2.21. The predicted octanol–water partition coefficient (Wildman–Crippen LogP) is 3.36. The van der Waals surface area contributed by atoms with Gasteiger partial charge in [-0.15, -0.1) is 35.3 Å². The van der Waals surface area contributed by atoms with Crippen LogP contribution < -0.4 is 5.32 Å². The Morgan fingerprint density at radius 3 is 2.85 bits per heavy atom.